The van der Waals surface area contributed by atoms with E-state index in [1.807, 2.05) is 24.5 Å². The second-order valence-corrected chi connectivity index (χ2v) is 6.30. The molecule has 0 aliphatic rings. The monoisotopic (exact) mass is 290 g/mol. The lowest BCUT2D eigenvalue weighted by Crippen LogP contribution is -2.02. The normalized spacial score (nSPS) is 12.7. The van der Waals surface area contributed by atoms with E-state index in [9.17, 15) is 0 Å². The van der Waals surface area contributed by atoms with Gasteiger partial charge in [-0.05, 0) is 41.5 Å². The van der Waals surface area contributed by atoms with E-state index < -0.39 is 0 Å². The molecule has 0 radical (unpaired) electrons. The van der Waals surface area contributed by atoms with Crippen molar-refractivity contribution in [3.05, 3.63) is 71.8 Å². The molecule has 0 saturated heterocycles. The fraction of sp³-hybridized carbons (Fsp3) is 0.300. The smallest absolute Gasteiger partial charge is 0.0435 e. The number of benzene rings is 1. The van der Waals surface area contributed by atoms with Crippen LogP contribution in [0.3, 0.4) is 0 Å². The Bertz CT molecular complexity index is 763. The van der Waals surface area contributed by atoms with Crippen LogP contribution < -0.4 is 0 Å². The molecule has 0 aliphatic heterocycles. The topological polar surface area (TPSA) is 25.8 Å². The van der Waals surface area contributed by atoms with Gasteiger partial charge in [-0.2, -0.15) is 0 Å². The maximum atomic E-state index is 4.62. The average Bonchev–Trinajstić information content (AvgIpc) is 2.55. The molecule has 2 heterocycles. The van der Waals surface area contributed by atoms with E-state index in [0.29, 0.717) is 11.8 Å². The van der Waals surface area contributed by atoms with Gasteiger partial charge in [0.05, 0.1) is 0 Å². The molecular weight excluding hydrogens is 268 g/mol. The van der Waals surface area contributed by atoms with Gasteiger partial charge < -0.3 is 0 Å². The lowest BCUT2D eigenvalue weighted by Gasteiger charge is -2.12. The first-order valence-corrected chi connectivity index (χ1v) is 7.93. The molecule has 0 amide bonds. The van der Waals surface area contributed by atoms with Gasteiger partial charge in [-0.15, -0.1) is 0 Å². The van der Waals surface area contributed by atoms with Crippen LogP contribution in [0.15, 0.2) is 54.9 Å². The van der Waals surface area contributed by atoms with E-state index >= 15 is 0 Å². The molecule has 2 nitrogen and oxygen atoms in total. The van der Waals surface area contributed by atoms with Gasteiger partial charge in [0.2, 0.25) is 0 Å². The lowest BCUT2D eigenvalue weighted by atomic mass is 9.97. The van der Waals surface area contributed by atoms with E-state index in [-0.39, 0.29) is 0 Å². The fourth-order valence-electron chi connectivity index (χ4n) is 2.76. The third-order valence-corrected chi connectivity index (χ3v) is 4.18. The first-order chi connectivity index (χ1) is 10.6. The Labute approximate surface area is 132 Å². The van der Waals surface area contributed by atoms with Crippen molar-refractivity contribution in [2.45, 2.75) is 39.0 Å². The number of fused-ring (bicyclic) bond motifs is 1. The molecule has 22 heavy (non-hydrogen) atoms. The highest BCUT2D eigenvalue weighted by molar-refractivity contribution is 5.82. The molecule has 3 rings (SSSR count). The Hall–Kier alpha value is -2.22. The highest BCUT2D eigenvalue weighted by Gasteiger charge is 2.09. The second kappa shape index (κ2) is 6.27. The summed E-state index contributed by atoms with van der Waals surface area (Å²) in [6.07, 6.45) is 4.76. The fourth-order valence-corrected chi connectivity index (χ4v) is 2.76. The molecule has 0 fully saturated rings. The van der Waals surface area contributed by atoms with E-state index in [4.69, 9.17) is 0 Å². The van der Waals surface area contributed by atoms with Crippen molar-refractivity contribution in [2.75, 3.05) is 0 Å². The first-order valence-electron chi connectivity index (χ1n) is 7.93. The number of hydrogen-bond acceptors (Lipinski definition) is 2. The molecule has 0 saturated carbocycles. The highest BCUT2D eigenvalue weighted by Crippen LogP contribution is 2.23. The van der Waals surface area contributed by atoms with Gasteiger partial charge >= 0.3 is 0 Å². The number of nitrogens with zero attached hydrogens (tertiary/aromatic N) is 2. The predicted molar refractivity (Wildman–Crippen MR) is 92.2 cm³/mol. The molecule has 1 atom stereocenters. The molecular formula is C20H22N2. The Balaban J connectivity index is 1.88. The predicted octanol–water partition coefficient (Wildman–Crippen LogP) is 5.10. The van der Waals surface area contributed by atoms with Gasteiger partial charge in [0.25, 0.3) is 0 Å². The van der Waals surface area contributed by atoms with Crippen LogP contribution in [0.5, 0.6) is 0 Å². The van der Waals surface area contributed by atoms with Gasteiger partial charge in [0.15, 0.2) is 0 Å². The van der Waals surface area contributed by atoms with Crippen LogP contribution in [0, 0.1) is 0 Å². The molecule has 112 valence electrons. The van der Waals surface area contributed by atoms with Crippen molar-refractivity contribution in [1.82, 2.24) is 9.97 Å². The SMILES string of the molecule is CC(C)c1ccc2cnc(C[C@H](C)c3ccccn3)cc2c1. The standard InChI is InChI=1S/C20H22N2/c1-14(2)16-7-8-17-13-22-19(12-18(17)11-16)10-15(3)20-6-4-5-9-21-20/h4-9,11-15H,10H2,1-3H3/t15-/m0/s1. The van der Waals surface area contributed by atoms with Crippen LogP contribution in [-0.2, 0) is 6.42 Å². The molecule has 0 N–H and O–H groups in total. The summed E-state index contributed by atoms with van der Waals surface area (Å²) in [5.41, 5.74) is 3.63. The first kappa shape index (κ1) is 14.7. The maximum absolute atomic E-state index is 4.62. The zero-order chi connectivity index (χ0) is 15.5. The second-order valence-electron chi connectivity index (χ2n) is 6.30. The molecule has 2 aromatic heterocycles. The van der Waals surface area contributed by atoms with E-state index in [0.717, 1.165) is 17.8 Å². The molecule has 2 heteroatoms. The van der Waals surface area contributed by atoms with E-state index in [1.165, 1.54) is 16.3 Å². The largest absolute Gasteiger partial charge is 0.261 e. The van der Waals surface area contributed by atoms with E-state index in [1.54, 1.807) is 0 Å². The summed E-state index contributed by atoms with van der Waals surface area (Å²) in [5, 5.41) is 2.49. The van der Waals surface area contributed by atoms with E-state index in [2.05, 4.69) is 61.1 Å². The number of pyridine rings is 2. The van der Waals surface area contributed by atoms with Crippen molar-refractivity contribution in [3.63, 3.8) is 0 Å². The van der Waals surface area contributed by atoms with Crippen LogP contribution in [0.4, 0.5) is 0 Å². The number of rotatable bonds is 4. The molecule has 3 aromatic rings. The minimum absolute atomic E-state index is 0.374. The lowest BCUT2D eigenvalue weighted by molar-refractivity contribution is 0.716. The average molecular weight is 290 g/mol. The molecule has 0 spiro atoms. The van der Waals surface area contributed by atoms with Crippen molar-refractivity contribution in [2.24, 2.45) is 0 Å². The quantitative estimate of drug-likeness (QED) is 0.668. The summed E-state index contributed by atoms with van der Waals surface area (Å²) in [5.74, 6) is 0.924. The van der Waals surface area contributed by atoms with Crippen LogP contribution >= 0.6 is 0 Å². The number of aromatic nitrogens is 2. The van der Waals surface area contributed by atoms with Crippen LogP contribution in [0.25, 0.3) is 10.8 Å². The van der Waals surface area contributed by atoms with Crippen LogP contribution in [0.2, 0.25) is 0 Å². The minimum atomic E-state index is 0.374. The molecule has 0 bridgehead atoms. The van der Waals surface area contributed by atoms with Crippen LogP contribution in [-0.4, -0.2) is 9.97 Å². The minimum Gasteiger partial charge on any atom is -0.261 e. The zero-order valence-electron chi connectivity index (χ0n) is 13.5. The maximum Gasteiger partial charge on any atom is 0.0435 e. The van der Waals surface area contributed by atoms with Gasteiger partial charge in [0, 0.05) is 35.1 Å². The number of hydrogen-bond donors (Lipinski definition) is 0. The Morgan fingerprint density at radius 1 is 0.909 bits per heavy atom. The summed E-state index contributed by atoms with van der Waals surface area (Å²) in [7, 11) is 0. The van der Waals surface area contributed by atoms with Crippen molar-refractivity contribution < 1.29 is 0 Å². The summed E-state index contributed by atoms with van der Waals surface area (Å²) in [6.45, 7) is 6.66. The van der Waals surface area contributed by atoms with Crippen molar-refractivity contribution in [3.8, 4) is 0 Å². The molecule has 1 aromatic carbocycles. The van der Waals surface area contributed by atoms with Gasteiger partial charge in [0.1, 0.15) is 0 Å². The summed E-state index contributed by atoms with van der Waals surface area (Å²) < 4.78 is 0. The zero-order valence-corrected chi connectivity index (χ0v) is 13.5. The van der Waals surface area contributed by atoms with Crippen molar-refractivity contribution >= 4 is 10.8 Å². The Kier molecular flexibility index (Phi) is 4.19. The van der Waals surface area contributed by atoms with Gasteiger partial charge in [-0.25, -0.2) is 0 Å². The third-order valence-electron chi connectivity index (χ3n) is 4.18. The van der Waals surface area contributed by atoms with Gasteiger partial charge in [-0.3, -0.25) is 9.97 Å². The highest BCUT2D eigenvalue weighted by atomic mass is 14.7. The summed E-state index contributed by atoms with van der Waals surface area (Å²) >= 11 is 0. The third kappa shape index (κ3) is 3.16. The van der Waals surface area contributed by atoms with Crippen LogP contribution in [0.1, 0.15) is 49.6 Å². The van der Waals surface area contributed by atoms with Crippen molar-refractivity contribution in [1.29, 1.82) is 0 Å². The Morgan fingerprint density at radius 3 is 2.50 bits per heavy atom. The Morgan fingerprint density at radius 2 is 1.77 bits per heavy atom. The summed E-state index contributed by atoms with van der Waals surface area (Å²) in [4.78, 5) is 9.07. The molecule has 0 unspecified atom stereocenters. The molecule has 0 aliphatic carbocycles. The van der Waals surface area contributed by atoms with Gasteiger partial charge in [-0.1, -0.05) is 45.0 Å². The summed E-state index contributed by atoms with van der Waals surface area (Å²) in [6, 6.07) is 15.0.